The summed E-state index contributed by atoms with van der Waals surface area (Å²) in [7, 11) is 0. The first kappa shape index (κ1) is 21.6. The molecule has 3 heterocycles. The average molecular weight is 526 g/mol. The molecule has 0 radical (unpaired) electrons. The zero-order chi connectivity index (χ0) is 23.3. The molecule has 166 valence electrons. The van der Waals surface area contributed by atoms with Gasteiger partial charge < -0.3 is 14.4 Å². The number of carbonyl (C=O) groups excluding carboxylic acids is 2. The molecule has 1 N–H and O–H groups in total. The average Bonchev–Trinajstić information content (AvgIpc) is 3.47. The fourth-order valence-corrected chi connectivity index (χ4v) is 5.46. The molecule has 0 saturated carbocycles. The van der Waals surface area contributed by atoms with Crippen LogP contribution in [0, 0.1) is 12.7 Å². The van der Waals surface area contributed by atoms with Crippen LogP contribution in [0.3, 0.4) is 0 Å². The van der Waals surface area contributed by atoms with Gasteiger partial charge in [0.2, 0.25) is 5.78 Å². The molecular weight excluding hydrogens is 509 g/mol. The highest BCUT2D eigenvalue weighted by Crippen LogP contribution is 2.43. The number of carbonyl (C=O) groups is 2. The van der Waals surface area contributed by atoms with E-state index in [0.29, 0.717) is 11.1 Å². The van der Waals surface area contributed by atoms with Crippen molar-refractivity contribution in [1.29, 1.82) is 0 Å². The van der Waals surface area contributed by atoms with Crippen LogP contribution in [-0.4, -0.2) is 21.7 Å². The van der Waals surface area contributed by atoms with Gasteiger partial charge in [-0.25, -0.2) is 4.39 Å². The van der Waals surface area contributed by atoms with Crippen LogP contribution < -0.4 is 0 Å². The summed E-state index contributed by atoms with van der Waals surface area (Å²) >= 11 is 4.80. The molecule has 8 heteroatoms. The largest absolute Gasteiger partial charge is 0.503 e. The van der Waals surface area contributed by atoms with Crippen LogP contribution in [0.5, 0.6) is 0 Å². The zero-order valence-electron chi connectivity index (χ0n) is 17.3. The first-order valence-electron chi connectivity index (χ1n) is 10.1. The summed E-state index contributed by atoms with van der Waals surface area (Å²) in [6.07, 6.45) is 0. The highest BCUT2D eigenvalue weighted by molar-refractivity contribution is 9.10. The number of thiophene rings is 1. The Morgan fingerprint density at radius 3 is 2.64 bits per heavy atom. The van der Waals surface area contributed by atoms with Crippen LogP contribution >= 0.6 is 27.3 Å². The SMILES string of the molecule is Cc1ccsc1C1C(C(=O)c2cc3cc(Br)ccc3o2)=C(O)C(=O)N1Cc1ccc(F)cc1. The third-order valence-corrected chi connectivity index (χ3v) is 7.23. The number of halogens is 2. The molecule has 5 rings (SSSR count). The van der Waals surface area contributed by atoms with Gasteiger partial charge in [0.1, 0.15) is 17.4 Å². The van der Waals surface area contributed by atoms with Crippen LogP contribution in [0.25, 0.3) is 11.0 Å². The Kier molecular flexibility index (Phi) is 5.42. The van der Waals surface area contributed by atoms with E-state index in [9.17, 15) is 19.1 Å². The summed E-state index contributed by atoms with van der Waals surface area (Å²) in [6.45, 7) is 2.00. The molecule has 0 bridgehead atoms. The van der Waals surface area contributed by atoms with Crippen LogP contribution in [0.1, 0.15) is 32.6 Å². The molecule has 0 aliphatic carbocycles. The van der Waals surface area contributed by atoms with Gasteiger partial charge >= 0.3 is 0 Å². The Bertz CT molecular complexity index is 1440. The maximum atomic E-state index is 13.6. The molecule has 0 fully saturated rings. The number of aliphatic hydroxyl groups is 1. The first-order chi connectivity index (χ1) is 15.8. The Morgan fingerprint density at radius 1 is 1.18 bits per heavy atom. The summed E-state index contributed by atoms with van der Waals surface area (Å²) in [5.74, 6) is -2.14. The Balaban J connectivity index is 1.59. The number of rotatable bonds is 5. The van der Waals surface area contributed by atoms with Gasteiger partial charge in [-0.3, -0.25) is 9.59 Å². The molecule has 33 heavy (non-hydrogen) atoms. The number of benzene rings is 2. The second-order valence-corrected chi connectivity index (χ2v) is 9.68. The number of nitrogens with zero attached hydrogens (tertiary/aromatic N) is 1. The van der Waals surface area contributed by atoms with E-state index < -0.39 is 23.5 Å². The number of hydrogen-bond donors (Lipinski definition) is 1. The summed E-state index contributed by atoms with van der Waals surface area (Å²) in [5.41, 5.74) is 2.08. The molecule has 0 spiro atoms. The molecule has 4 aromatic rings. The predicted octanol–water partition coefficient (Wildman–Crippen LogP) is 6.48. The van der Waals surface area contributed by atoms with E-state index >= 15 is 0 Å². The number of furan rings is 1. The van der Waals surface area contributed by atoms with Gasteiger partial charge in [-0.15, -0.1) is 11.3 Å². The third kappa shape index (κ3) is 3.79. The fraction of sp³-hybridized carbons (Fsp3) is 0.120. The van der Waals surface area contributed by atoms with E-state index in [2.05, 4.69) is 15.9 Å². The lowest BCUT2D eigenvalue weighted by Crippen LogP contribution is -2.30. The van der Waals surface area contributed by atoms with Crippen molar-refractivity contribution in [2.45, 2.75) is 19.5 Å². The van der Waals surface area contributed by atoms with Gasteiger partial charge in [0, 0.05) is 21.3 Å². The monoisotopic (exact) mass is 525 g/mol. The Morgan fingerprint density at radius 2 is 1.94 bits per heavy atom. The van der Waals surface area contributed by atoms with Crippen molar-refractivity contribution in [3.63, 3.8) is 0 Å². The number of aliphatic hydroxyl groups excluding tert-OH is 1. The maximum Gasteiger partial charge on any atom is 0.290 e. The van der Waals surface area contributed by atoms with E-state index in [4.69, 9.17) is 4.42 Å². The Hall–Kier alpha value is -3.23. The molecule has 2 aromatic heterocycles. The minimum absolute atomic E-state index is 0.0224. The molecule has 1 unspecified atom stereocenters. The van der Waals surface area contributed by atoms with Crippen LogP contribution in [-0.2, 0) is 11.3 Å². The number of aryl methyl sites for hydroxylation is 1. The maximum absolute atomic E-state index is 13.6. The third-order valence-electron chi connectivity index (χ3n) is 5.67. The van der Waals surface area contributed by atoms with Crippen molar-refractivity contribution in [1.82, 2.24) is 4.90 Å². The lowest BCUT2D eigenvalue weighted by molar-refractivity contribution is -0.130. The number of amides is 1. The van der Waals surface area contributed by atoms with E-state index in [1.54, 1.807) is 30.3 Å². The fourth-order valence-electron chi connectivity index (χ4n) is 4.03. The van der Waals surface area contributed by atoms with E-state index in [1.807, 2.05) is 24.4 Å². The minimum Gasteiger partial charge on any atom is -0.503 e. The van der Waals surface area contributed by atoms with Crippen LogP contribution in [0.15, 0.2) is 80.2 Å². The van der Waals surface area contributed by atoms with Crippen molar-refractivity contribution in [2.24, 2.45) is 0 Å². The van der Waals surface area contributed by atoms with Gasteiger partial charge in [0.05, 0.1) is 5.57 Å². The summed E-state index contributed by atoms with van der Waals surface area (Å²) in [6, 6.07) is 13.9. The van der Waals surface area contributed by atoms with Crippen LogP contribution in [0.2, 0.25) is 0 Å². The highest BCUT2D eigenvalue weighted by atomic mass is 79.9. The number of Topliss-reactive ketones (excluding diaryl/α,β-unsaturated/α-hetero) is 1. The van der Waals surface area contributed by atoms with Gasteiger partial charge in [-0.2, -0.15) is 0 Å². The van der Waals surface area contributed by atoms with Crippen LogP contribution in [0.4, 0.5) is 4.39 Å². The topological polar surface area (TPSA) is 70.7 Å². The second kappa shape index (κ2) is 8.28. The van der Waals surface area contributed by atoms with E-state index in [1.165, 1.54) is 28.4 Å². The number of ketones is 1. The zero-order valence-corrected chi connectivity index (χ0v) is 19.7. The smallest absolute Gasteiger partial charge is 0.290 e. The standard InChI is InChI=1S/C25H17BrFNO4S/c1-13-8-9-33-24(13)21-20(22(29)19-11-15-10-16(26)4-7-18(15)32-19)23(30)25(31)28(21)12-14-2-5-17(27)6-3-14/h2-11,21,30H,12H2,1H3. The quantitative estimate of drug-likeness (QED) is 0.302. The second-order valence-electron chi connectivity index (χ2n) is 7.81. The highest BCUT2D eigenvalue weighted by Gasteiger charge is 2.45. The summed E-state index contributed by atoms with van der Waals surface area (Å²) in [4.78, 5) is 28.9. The lowest BCUT2D eigenvalue weighted by Gasteiger charge is -2.26. The molecule has 1 aliphatic heterocycles. The van der Waals surface area contributed by atoms with Crippen molar-refractivity contribution >= 4 is 49.9 Å². The molecular formula is C25H17BrFNO4S. The molecule has 2 aromatic carbocycles. The van der Waals surface area contributed by atoms with Gasteiger partial charge in [-0.05, 0) is 65.9 Å². The van der Waals surface area contributed by atoms with Gasteiger partial charge in [0.15, 0.2) is 11.5 Å². The lowest BCUT2D eigenvalue weighted by atomic mass is 9.98. The normalized spacial score (nSPS) is 16.3. The van der Waals surface area contributed by atoms with Crippen molar-refractivity contribution in [2.75, 3.05) is 0 Å². The molecule has 1 amide bonds. The molecule has 1 atom stereocenters. The van der Waals surface area contributed by atoms with E-state index in [-0.39, 0.29) is 23.7 Å². The minimum atomic E-state index is -0.782. The molecule has 1 aliphatic rings. The summed E-state index contributed by atoms with van der Waals surface area (Å²) < 4.78 is 20.0. The van der Waals surface area contributed by atoms with E-state index in [0.717, 1.165) is 20.3 Å². The van der Waals surface area contributed by atoms with Crippen molar-refractivity contribution in [3.05, 3.63) is 103 Å². The van der Waals surface area contributed by atoms with Gasteiger partial charge in [-0.1, -0.05) is 28.1 Å². The Labute approximate surface area is 200 Å². The number of hydrogen-bond acceptors (Lipinski definition) is 5. The molecule has 0 saturated heterocycles. The predicted molar refractivity (Wildman–Crippen MR) is 127 cm³/mol. The van der Waals surface area contributed by atoms with Gasteiger partial charge in [0.25, 0.3) is 5.91 Å². The van der Waals surface area contributed by atoms with Crippen molar-refractivity contribution in [3.8, 4) is 0 Å². The molecule has 5 nitrogen and oxygen atoms in total. The first-order valence-corrected chi connectivity index (χ1v) is 11.8. The van der Waals surface area contributed by atoms with Crippen molar-refractivity contribution < 1.29 is 23.5 Å². The summed E-state index contributed by atoms with van der Waals surface area (Å²) in [5, 5.41) is 13.4. The number of fused-ring (bicyclic) bond motifs is 1.